The first-order valence-corrected chi connectivity index (χ1v) is 5.04. The van der Waals surface area contributed by atoms with Crippen LogP contribution in [-0.4, -0.2) is 22.1 Å². The number of hydrogen-bond acceptors (Lipinski definition) is 3. The van der Waals surface area contributed by atoms with E-state index in [1.54, 1.807) is 39.1 Å². The van der Waals surface area contributed by atoms with Crippen LogP contribution < -0.4 is 5.73 Å². The highest BCUT2D eigenvalue weighted by molar-refractivity contribution is 6.23. The van der Waals surface area contributed by atoms with Crippen LogP contribution in [0, 0.1) is 0 Å². The average Bonchev–Trinajstić information content (AvgIpc) is 2.06. The van der Waals surface area contributed by atoms with Crippen LogP contribution in [-0.2, 0) is 4.74 Å². The molecule has 0 radical (unpaired) electrons. The Bertz CT molecular complexity index is 318. The molecular weight excluding hydrogens is 216 g/mol. The third kappa shape index (κ3) is 3.16. The maximum atomic E-state index is 11.7. The second kappa shape index (κ2) is 4.14. The lowest BCUT2D eigenvalue weighted by Crippen LogP contribution is -2.40. The Hall–Kier alpha value is -1.16. The van der Waals surface area contributed by atoms with Crippen molar-refractivity contribution in [2.45, 2.75) is 31.9 Å². The van der Waals surface area contributed by atoms with Crippen molar-refractivity contribution in [3.63, 3.8) is 0 Å². The zero-order valence-corrected chi connectivity index (χ0v) is 9.78. The maximum absolute atomic E-state index is 11.7. The molecule has 1 aliphatic heterocycles. The van der Waals surface area contributed by atoms with Gasteiger partial charge in [0.15, 0.2) is 5.50 Å². The molecule has 0 saturated heterocycles. The summed E-state index contributed by atoms with van der Waals surface area (Å²) >= 11 is 5.94. The molecule has 1 aliphatic rings. The summed E-state index contributed by atoms with van der Waals surface area (Å²) in [7, 11) is 0. The van der Waals surface area contributed by atoms with Gasteiger partial charge in [-0.3, -0.25) is 4.90 Å². The van der Waals surface area contributed by atoms with Crippen LogP contribution in [0.5, 0.6) is 0 Å². The topological polar surface area (TPSA) is 55.6 Å². The second-order valence-electron chi connectivity index (χ2n) is 4.23. The van der Waals surface area contributed by atoms with Gasteiger partial charge in [0, 0.05) is 11.9 Å². The van der Waals surface area contributed by atoms with E-state index in [4.69, 9.17) is 22.1 Å². The average molecular weight is 231 g/mol. The Kier molecular flexibility index (Phi) is 3.29. The summed E-state index contributed by atoms with van der Waals surface area (Å²) in [4.78, 5) is 12.9. The molecule has 0 aromatic rings. The Morgan fingerprint density at radius 1 is 1.60 bits per heavy atom. The van der Waals surface area contributed by atoms with E-state index in [1.807, 2.05) is 0 Å². The molecule has 1 atom stereocenters. The van der Waals surface area contributed by atoms with E-state index >= 15 is 0 Å². The lowest BCUT2D eigenvalue weighted by molar-refractivity contribution is 0.0327. The van der Waals surface area contributed by atoms with Crippen LogP contribution in [0.2, 0.25) is 0 Å². The van der Waals surface area contributed by atoms with Crippen molar-refractivity contribution >= 4 is 17.7 Å². The van der Waals surface area contributed by atoms with Crippen LogP contribution in [0.15, 0.2) is 24.0 Å². The first kappa shape index (κ1) is 11.9. The Morgan fingerprint density at radius 3 is 2.73 bits per heavy atom. The fourth-order valence-electron chi connectivity index (χ4n) is 1.03. The molecule has 0 fully saturated rings. The van der Waals surface area contributed by atoms with E-state index in [9.17, 15) is 4.79 Å². The lowest BCUT2D eigenvalue weighted by atomic mass is 10.2. The molecule has 4 nitrogen and oxygen atoms in total. The Balaban J connectivity index is 2.70. The number of alkyl halides is 1. The zero-order chi connectivity index (χ0) is 11.6. The highest BCUT2D eigenvalue weighted by Gasteiger charge is 2.28. The van der Waals surface area contributed by atoms with Crippen molar-refractivity contribution in [2.75, 3.05) is 0 Å². The monoisotopic (exact) mass is 230 g/mol. The van der Waals surface area contributed by atoms with Gasteiger partial charge < -0.3 is 10.5 Å². The number of ether oxygens (including phenoxy) is 1. The zero-order valence-electron chi connectivity index (χ0n) is 9.03. The summed E-state index contributed by atoms with van der Waals surface area (Å²) in [5, 5.41) is 0. The van der Waals surface area contributed by atoms with Crippen molar-refractivity contribution in [2.24, 2.45) is 5.73 Å². The van der Waals surface area contributed by atoms with Crippen LogP contribution in [0.4, 0.5) is 4.79 Å². The summed E-state index contributed by atoms with van der Waals surface area (Å²) in [6, 6.07) is 0. The van der Waals surface area contributed by atoms with Gasteiger partial charge in [-0.15, -0.1) is 0 Å². The number of amides is 1. The molecule has 84 valence electrons. The molecule has 2 N–H and O–H groups in total. The van der Waals surface area contributed by atoms with E-state index in [2.05, 4.69) is 0 Å². The van der Waals surface area contributed by atoms with Gasteiger partial charge in [-0.2, -0.15) is 0 Å². The molecule has 0 bridgehead atoms. The minimum Gasteiger partial charge on any atom is -0.443 e. The SMILES string of the molecule is CC(C)(C)OC(=O)N1C=CC=C(N)C1Cl. The van der Waals surface area contributed by atoms with Crippen molar-refractivity contribution in [1.82, 2.24) is 4.90 Å². The maximum Gasteiger partial charge on any atom is 0.415 e. The predicted molar refractivity (Wildman–Crippen MR) is 59.1 cm³/mol. The number of rotatable bonds is 0. The third-order valence-electron chi connectivity index (χ3n) is 1.66. The Morgan fingerprint density at radius 2 is 2.20 bits per heavy atom. The fraction of sp³-hybridized carbons (Fsp3) is 0.500. The summed E-state index contributed by atoms with van der Waals surface area (Å²) in [6.45, 7) is 5.38. The van der Waals surface area contributed by atoms with Gasteiger partial charge in [-0.05, 0) is 32.9 Å². The molecule has 1 unspecified atom stereocenters. The van der Waals surface area contributed by atoms with Crippen LogP contribution in [0.25, 0.3) is 0 Å². The van der Waals surface area contributed by atoms with Crippen molar-refractivity contribution in [3.8, 4) is 0 Å². The van der Waals surface area contributed by atoms with E-state index in [1.165, 1.54) is 4.90 Å². The molecule has 0 spiro atoms. The highest BCUT2D eigenvalue weighted by atomic mass is 35.5. The van der Waals surface area contributed by atoms with Crippen LogP contribution >= 0.6 is 11.6 Å². The quantitative estimate of drug-likeness (QED) is 0.513. The predicted octanol–water partition coefficient (Wildman–Crippen LogP) is 2.16. The molecule has 0 aromatic heterocycles. The molecule has 15 heavy (non-hydrogen) atoms. The Labute approximate surface area is 94.3 Å². The van der Waals surface area contributed by atoms with E-state index in [-0.39, 0.29) is 0 Å². The number of carbonyl (C=O) groups excluding carboxylic acids is 1. The molecule has 1 heterocycles. The van der Waals surface area contributed by atoms with Crippen molar-refractivity contribution < 1.29 is 9.53 Å². The van der Waals surface area contributed by atoms with E-state index in [0.29, 0.717) is 5.70 Å². The van der Waals surface area contributed by atoms with Gasteiger partial charge in [-0.1, -0.05) is 11.6 Å². The van der Waals surface area contributed by atoms with E-state index < -0.39 is 17.2 Å². The largest absolute Gasteiger partial charge is 0.443 e. The van der Waals surface area contributed by atoms with Gasteiger partial charge >= 0.3 is 6.09 Å². The molecule has 1 rings (SSSR count). The molecule has 1 amide bonds. The van der Waals surface area contributed by atoms with Crippen molar-refractivity contribution in [1.29, 1.82) is 0 Å². The van der Waals surface area contributed by atoms with Crippen molar-refractivity contribution in [3.05, 3.63) is 24.0 Å². The number of halogens is 1. The first-order chi connectivity index (χ1) is 6.81. The number of allylic oxidation sites excluding steroid dienone is 2. The first-order valence-electron chi connectivity index (χ1n) is 4.60. The minimum absolute atomic E-state index is 0.421. The van der Waals surface area contributed by atoms with Gasteiger partial charge in [0.2, 0.25) is 0 Å². The number of hydrogen-bond donors (Lipinski definition) is 1. The van der Waals surface area contributed by atoms with Gasteiger partial charge in [-0.25, -0.2) is 4.79 Å². The van der Waals surface area contributed by atoms with E-state index in [0.717, 1.165) is 0 Å². The lowest BCUT2D eigenvalue weighted by Gasteiger charge is -2.29. The van der Waals surface area contributed by atoms with Crippen LogP contribution in [0.3, 0.4) is 0 Å². The molecule has 0 aromatic carbocycles. The third-order valence-corrected chi connectivity index (χ3v) is 2.12. The van der Waals surface area contributed by atoms with Gasteiger partial charge in [0.25, 0.3) is 0 Å². The smallest absolute Gasteiger partial charge is 0.415 e. The molecular formula is C10H15ClN2O2. The standard InChI is InChI=1S/C10H15ClN2O2/c1-10(2,3)15-9(14)13-6-4-5-7(12)8(13)11/h4-6,8H,12H2,1-3H3. The van der Waals surface area contributed by atoms with Gasteiger partial charge in [0.05, 0.1) is 0 Å². The summed E-state index contributed by atoms with van der Waals surface area (Å²) < 4.78 is 5.16. The second-order valence-corrected chi connectivity index (χ2v) is 4.64. The normalized spacial score (nSPS) is 21.2. The fourth-order valence-corrected chi connectivity index (χ4v) is 1.25. The molecule has 0 saturated carbocycles. The molecule has 5 heteroatoms. The number of carbonyl (C=O) groups is 1. The van der Waals surface area contributed by atoms with Crippen LogP contribution in [0.1, 0.15) is 20.8 Å². The van der Waals surface area contributed by atoms with Gasteiger partial charge in [0.1, 0.15) is 5.60 Å². The summed E-state index contributed by atoms with van der Waals surface area (Å²) in [6.07, 6.45) is 4.34. The molecule has 0 aliphatic carbocycles. The summed E-state index contributed by atoms with van der Waals surface area (Å²) in [5.74, 6) is 0. The number of nitrogens with two attached hydrogens (primary N) is 1. The minimum atomic E-state index is -0.676. The summed E-state index contributed by atoms with van der Waals surface area (Å²) in [5.41, 5.74) is 4.80. The highest BCUT2D eigenvalue weighted by Crippen LogP contribution is 2.19. The number of nitrogens with zero attached hydrogens (tertiary/aromatic N) is 1.